The monoisotopic (exact) mass is 408 g/mol. The van der Waals surface area contributed by atoms with Gasteiger partial charge in [0.2, 0.25) is 0 Å². The lowest BCUT2D eigenvalue weighted by Crippen LogP contribution is -2.24. The summed E-state index contributed by atoms with van der Waals surface area (Å²) in [5.74, 6) is 1.04. The molecule has 0 N–H and O–H groups in total. The van der Waals surface area contributed by atoms with Gasteiger partial charge in [0.25, 0.3) is 5.56 Å². The summed E-state index contributed by atoms with van der Waals surface area (Å²) in [6.07, 6.45) is 0. The van der Waals surface area contributed by atoms with Crippen molar-refractivity contribution in [1.29, 1.82) is 0 Å². The Morgan fingerprint density at radius 1 is 1.10 bits per heavy atom. The molecule has 148 valence electrons. The summed E-state index contributed by atoms with van der Waals surface area (Å²) < 4.78 is 21.2. The zero-order chi connectivity index (χ0) is 20.5. The first-order valence-corrected chi connectivity index (χ1v) is 10.3. The summed E-state index contributed by atoms with van der Waals surface area (Å²) >= 11 is 1.50. The van der Waals surface area contributed by atoms with Gasteiger partial charge in [-0.05, 0) is 44.5 Å². The van der Waals surface area contributed by atoms with Gasteiger partial charge >= 0.3 is 0 Å². The predicted molar refractivity (Wildman–Crippen MR) is 115 cm³/mol. The van der Waals surface area contributed by atoms with E-state index in [2.05, 4.69) is 4.98 Å². The Bertz CT molecular complexity index is 1240. The molecule has 0 aliphatic heterocycles. The van der Waals surface area contributed by atoms with Crippen molar-refractivity contribution in [2.75, 3.05) is 6.61 Å². The molecule has 2 aromatic heterocycles. The van der Waals surface area contributed by atoms with E-state index in [9.17, 15) is 9.18 Å². The highest BCUT2D eigenvalue weighted by Crippen LogP contribution is 2.36. The Balaban J connectivity index is 1.87. The molecule has 2 aromatic carbocycles. The number of fused-ring (bicyclic) bond motifs is 1. The molecule has 0 aliphatic rings. The van der Waals surface area contributed by atoms with Crippen LogP contribution in [0.25, 0.3) is 21.3 Å². The number of rotatable bonds is 5. The number of nitrogens with zero attached hydrogens (tertiary/aromatic N) is 2. The first-order chi connectivity index (χ1) is 14.0. The molecule has 29 heavy (non-hydrogen) atoms. The zero-order valence-electron chi connectivity index (χ0n) is 16.5. The van der Waals surface area contributed by atoms with Crippen LogP contribution in [0.5, 0.6) is 5.75 Å². The van der Waals surface area contributed by atoms with E-state index in [0.717, 1.165) is 21.8 Å². The number of thiophene rings is 1. The first-order valence-electron chi connectivity index (χ1n) is 9.46. The minimum Gasteiger partial charge on any atom is -0.494 e. The fourth-order valence-corrected chi connectivity index (χ4v) is 4.59. The average Bonchev–Trinajstić information content (AvgIpc) is 3.03. The molecular formula is C23H21FN2O2S. The smallest absolute Gasteiger partial charge is 0.263 e. The van der Waals surface area contributed by atoms with Crippen molar-refractivity contribution in [3.63, 3.8) is 0 Å². The summed E-state index contributed by atoms with van der Waals surface area (Å²) in [7, 11) is 0. The van der Waals surface area contributed by atoms with Gasteiger partial charge in [0, 0.05) is 16.0 Å². The third kappa shape index (κ3) is 3.56. The Kier molecular flexibility index (Phi) is 5.20. The summed E-state index contributed by atoms with van der Waals surface area (Å²) in [5, 5.41) is 0.582. The van der Waals surface area contributed by atoms with Crippen LogP contribution in [0.15, 0.2) is 53.3 Å². The Morgan fingerprint density at radius 2 is 1.83 bits per heavy atom. The Labute approximate surface area is 172 Å². The van der Waals surface area contributed by atoms with Crippen LogP contribution in [-0.2, 0) is 6.54 Å². The van der Waals surface area contributed by atoms with E-state index in [1.54, 1.807) is 29.7 Å². The molecule has 0 radical (unpaired) electrons. The van der Waals surface area contributed by atoms with Gasteiger partial charge in [-0.2, -0.15) is 0 Å². The van der Waals surface area contributed by atoms with Crippen LogP contribution in [0, 0.1) is 19.7 Å². The highest BCUT2D eigenvalue weighted by molar-refractivity contribution is 7.19. The molecule has 0 amide bonds. The summed E-state index contributed by atoms with van der Waals surface area (Å²) in [4.78, 5) is 19.8. The lowest BCUT2D eigenvalue weighted by Gasteiger charge is -2.11. The van der Waals surface area contributed by atoms with Crippen molar-refractivity contribution < 1.29 is 9.13 Å². The van der Waals surface area contributed by atoms with Crippen molar-refractivity contribution in [3.05, 3.63) is 81.0 Å². The molecule has 2 heterocycles. The third-order valence-electron chi connectivity index (χ3n) is 4.92. The van der Waals surface area contributed by atoms with Gasteiger partial charge in [-0.1, -0.05) is 30.3 Å². The van der Waals surface area contributed by atoms with Crippen LogP contribution in [-0.4, -0.2) is 16.2 Å². The lowest BCUT2D eigenvalue weighted by atomic mass is 10.0. The van der Waals surface area contributed by atoms with E-state index in [0.29, 0.717) is 28.2 Å². The predicted octanol–water partition coefficient (Wildman–Crippen LogP) is 5.33. The maximum atomic E-state index is 14.2. The maximum absolute atomic E-state index is 14.2. The number of hydrogen-bond donors (Lipinski definition) is 0. The van der Waals surface area contributed by atoms with Crippen LogP contribution in [0.2, 0.25) is 0 Å². The van der Waals surface area contributed by atoms with E-state index in [1.165, 1.54) is 17.4 Å². The zero-order valence-corrected chi connectivity index (χ0v) is 17.3. The quantitative estimate of drug-likeness (QED) is 0.448. The van der Waals surface area contributed by atoms with Gasteiger partial charge in [-0.15, -0.1) is 11.3 Å². The van der Waals surface area contributed by atoms with Crippen LogP contribution in [0.4, 0.5) is 4.39 Å². The average molecular weight is 408 g/mol. The van der Waals surface area contributed by atoms with Gasteiger partial charge in [-0.25, -0.2) is 9.37 Å². The number of aromatic nitrogens is 2. The van der Waals surface area contributed by atoms with Crippen molar-refractivity contribution >= 4 is 21.6 Å². The van der Waals surface area contributed by atoms with E-state index in [-0.39, 0.29) is 17.9 Å². The van der Waals surface area contributed by atoms with Crippen LogP contribution < -0.4 is 10.3 Å². The van der Waals surface area contributed by atoms with Crippen molar-refractivity contribution in [3.8, 4) is 16.9 Å². The minimum atomic E-state index is -0.327. The molecule has 6 heteroatoms. The van der Waals surface area contributed by atoms with E-state index in [4.69, 9.17) is 4.74 Å². The fraction of sp³-hybridized carbons (Fsp3) is 0.217. The SMILES string of the molecule is CCOc1ccc(-c2c(C)sc3nc(C)n(Cc4ccccc4F)c(=O)c23)cc1. The molecule has 0 saturated heterocycles. The van der Waals surface area contributed by atoms with Crippen molar-refractivity contribution in [2.24, 2.45) is 0 Å². The molecular weight excluding hydrogens is 387 g/mol. The molecule has 0 atom stereocenters. The van der Waals surface area contributed by atoms with E-state index < -0.39 is 0 Å². The molecule has 4 rings (SSSR count). The number of aryl methyl sites for hydroxylation is 2. The molecule has 0 fully saturated rings. The summed E-state index contributed by atoms with van der Waals surface area (Å²) in [5.41, 5.74) is 2.14. The maximum Gasteiger partial charge on any atom is 0.263 e. The Hall–Kier alpha value is -2.99. The molecule has 4 nitrogen and oxygen atoms in total. The fourth-order valence-electron chi connectivity index (χ4n) is 3.51. The second-order valence-electron chi connectivity index (χ2n) is 6.81. The second-order valence-corrected chi connectivity index (χ2v) is 8.02. The number of benzene rings is 2. The lowest BCUT2D eigenvalue weighted by molar-refractivity contribution is 0.340. The Morgan fingerprint density at radius 3 is 2.52 bits per heavy atom. The molecule has 0 spiro atoms. The standard InChI is InChI=1S/C23H21FN2O2S/c1-4-28-18-11-9-16(10-12-18)20-14(2)29-22-21(20)23(27)26(15(3)25-22)13-17-7-5-6-8-19(17)24/h5-12H,4,13H2,1-3H3. The van der Waals surface area contributed by atoms with Gasteiger partial charge in [0.15, 0.2) is 0 Å². The topological polar surface area (TPSA) is 44.1 Å². The summed E-state index contributed by atoms with van der Waals surface area (Å²) in [6, 6.07) is 14.2. The van der Waals surface area contributed by atoms with Crippen molar-refractivity contribution in [2.45, 2.75) is 27.3 Å². The largest absolute Gasteiger partial charge is 0.494 e. The molecule has 4 aromatic rings. The van der Waals surface area contributed by atoms with Gasteiger partial charge in [-0.3, -0.25) is 9.36 Å². The molecule has 0 aliphatic carbocycles. The highest BCUT2D eigenvalue weighted by atomic mass is 32.1. The normalized spacial score (nSPS) is 11.2. The first kappa shape index (κ1) is 19.3. The van der Waals surface area contributed by atoms with Crippen LogP contribution in [0.1, 0.15) is 23.2 Å². The van der Waals surface area contributed by atoms with E-state index in [1.807, 2.05) is 38.1 Å². The van der Waals surface area contributed by atoms with E-state index >= 15 is 0 Å². The van der Waals surface area contributed by atoms with Crippen molar-refractivity contribution in [1.82, 2.24) is 9.55 Å². The minimum absolute atomic E-state index is 0.149. The molecule has 0 unspecified atom stereocenters. The van der Waals surface area contributed by atoms with Crippen LogP contribution >= 0.6 is 11.3 Å². The second kappa shape index (κ2) is 7.79. The van der Waals surface area contributed by atoms with Gasteiger partial charge in [0.1, 0.15) is 22.2 Å². The third-order valence-corrected chi connectivity index (χ3v) is 5.92. The van der Waals surface area contributed by atoms with Gasteiger partial charge < -0.3 is 4.74 Å². The number of ether oxygens (including phenoxy) is 1. The number of halogens is 1. The molecule has 0 saturated carbocycles. The molecule has 0 bridgehead atoms. The highest BCUT2D eigenvalue weighted by Gasteiger charge is 2.19. The van der Waals surface area contributed by atoms with Gasteiger partial charge in [0.05, 0.1) is 18.5 Å². The summed E-state index contributed by atoms with van der Waals surface area (Å²) in [6.45, 7) is 6.47. The van der Waals surface area contributed by atoms with Crippen LogP contribution in [0.3, 0.4) is 0 Å². The number of hydrogen-bond acceptors (Lipinski definition) is 4.